The zero-order chi connectivity index (χ0) is 20.4. The molecular weight excluding hydrogens is 405 g/mol. The minimum absolute atomic E-state index is 0.127. The van der Waals surface area contributed by atoms with Gasteiger partial charge in [0.15, 0.2) is 18.1 Å². The Kier molecular flexibility index (Phi) is 8.91. The van der Waals surface area contributed by atoms with Crippen molar-refractivity contribution in [1.82, 2.24) is 0 Å². The number of anilines is 1. The van der Waals surface area contributed by atoms with Crippen LogP contribution in [0.15, 0.2) is 42.5 Å². The van der Waals surface area contributed by atoms with Crippen LogP contribution in [-0.2, 0) is 14.3 Å². The Bertz CT molecular complexity index is 813. The highest BCUT2D eigenvalue weighted by atomic mass is 35.5. The molecule has 0 aliphatic carbocycles. The van der Waals surface area contributed by atoms with Crippen LogP contribution in [0.4, 0.5) is 5.69 Å². The molecule has 0 aliphatic rings. The highest BCUT2D eigenvalue weighted by Crippen LogP contribution is 2.29. The van der Waals surface area contributed by atoms with Crippen molar-refractivity contribution in [1.29, 1.82) is 0 Å². The lowest BCUT2D eigenvalue weighted by Gasteiger charge is -2.11. The Labute approximate surface area is 173 Å². The summed E-state index contributed by atoms with van der Waals surface area (Å²) in [5.74, 6) is 0.285. The monoisotopic (exact) mass is 425 g/mol. The topological polar surface area (TPSA) is 73.9 Å². The molecule has 8 heteroatoms. The number of para-hydroxylation sites is 2. The van der Waals surface area contributed by atoms with E-state index in [-0.39, 0.29) is 11.4 Å². The fraction of sp³-hybridized carbons (Fsp3) is 0.300. The van der Waals surface area contributed by atoms with Crippen molar-refractivity contribution >= 4 is 40.8 Å². The minimum Gasteiger partial charge on any atom is -0.490 e. The highest BCUT2D eigenvalue weighted by molar-refractivity contribution is 6.44. The van der Waals surface area contributed by atoms with Crippen LogP contribution >= 0.6 is 23.2 Å². The van der Waals surface area contributed by atoms with Crippen molar-refractivity contribution in [2.24, 2.45) is 0 Å². The van der Waals surface area contributed by atoms with E-state index in [1.807, 2.05) is 25.1 Å². The van der Waals surface area contributed by atoms with Crippen molar-refractivity contribution < 1.29 is 23.8 Å². The van der Waals surface area contributed by atoms with Gasteiger partial charge in [-0.2, -0.15) is 0 Å². The molecular formula is C20H21Cl2NO5. The van der Waals surface area contributed by atoms with Crippen molar-refractivity contribution in [3.63, 3.8) is 0 Å². The van der Waals surface area contributed by atoms with Crippen LogP contribution in [0.2, 0.25) is 10.0 Å². The molecule has 2 aromatic rings. The van der Waals surface area contributed by atoms with Gasteiger partial charge in [-0.1, -0.05) is 41.4 Å². The summed E-state index contributed by atoms with van der Waals surface area (Å²) in [6, 6.07) is 12.2. The van der Waals surface area contributed by atoms with Gasteiger partial charge in [0.25, 0.3) is 5.91 Å². The average molecular weight is 426 g/mol. The van der Waals surface area contributed by atoms with E-state index in [4.69, 9.17) is 37.4 Å². The predicted octanol–water partition coefficient (Wildman–Crippen LogP) is 4.73. The Hall–Kier alpha value is -2.44. The largest absolute Gasteiger partial charge is 0.490 e. The second-order valence-corrected chi connectivity index (χ2v) is 6.43. The molecule has 0 unspecified atom stereocenters. The smallest absolute Gasteiger partial charge is 0.306 e. The molecule has 0 aromatic heterocycles. The average Bonchev–Trinajstić information content (AvgIpc) is 2.68. The van der Waals surface area contributed by atoms with Crippen molar-refractivity contribution in [2.45, 2.75) is 19.8 Å². The van der Waals surface area contributed by atoms with Gasteiger partial charge < -0.3 is 19.5 Å². The lowest BCUT2D eigenvalue weighted by atomic mass is 10.3. The second-order valence-electron chi connectivity index (χ2n) is 5.64. The van der Waals surface area contributed by atoms with Crippen LogP contribution in [-0.4, -0.2) is 31.7 Å². The van der Waals surface area contributed by atoms with Crippen LogP contribution < -0.4 is 14.8 Å². The number of hydrogen-bond acceptors (Lipinski definition) is 5. The number of ether oxygens (including phenoxy) is 3. The number of carbonyl (C=O) groups excluding carboxylic acids is 2. The van der Waals surface area contributed by atoms with Gasteiger partial charge in [0.2, 0.25) is 0 Å². The molecule has 2 aromatic carbocycles. The Morgan fingerprint density at radius 1 is 1.00 bits per heavy atom. The van der Waals surface area contributed by atoms with Crippen LogP contribution in [0, 0.1) is 0 Å². The molecule has 2 rings (SSSR count). The number of rotatable bonds is 10. The summed E-state index contributed by atoms with van der Waals surface area (Å²) in [6.45, 7) is 2.34. The second kappa shape index (κ2) is 11.4. The normalized spacial score (nSPS) is 10.2. The molecule has 0 spiro atoms. The third-order valence-electron chi connectivity index (χ3n) is 3.52. The number of carbonyl (C=O) groups is 2. The molecule has 0 bridgehead atoms. The zero-order valence-electron chi connectivity index (χ0n) is 15.4. The van der Waals surface area contributed by atoms with E-state index in [1.54, 1.807) is 24.3 Å². The molecule has 0 aliphatic heterocycles. The van der Waals surface area contributed by atoms with E-state index in [0.717, 1.165) is 0 Å². The van der Waals surface area contributed by atoms with Gasteiger partial charge in [-0.25, -0.2) is 0 Å². The van der Waals surface area contributed by atoms with E-state index in [0.29, 0.717) is 41.8 Å². The van der Waals surface area contributed by atoms with Gasteiger partial charge >= 0.3 is 5.97 Å². The molecule has 0 heterocycles. The third-order valence-corrected chi connectivity index (χ3v) is 4.34. The molecule has 0 saturated heterocycles. The van der Waals surface area contributed by atoms with E-state index in [9.17, 15) is 9.59 Å². The Morgan fingerprint density at radius 2 is 1.71 bits per heavy atom. The molecule has 0 fully saturated rings. The number of hydrogen-bond donors (Lipinski definition) is 1. The van der Waals surface area contributed by atoms with Crippen molar-refractivity contribution in [2.75, 3.05) is 25.1 Å². The maximum atomic E-state index is 11.9. The van der Waals surface area contributed by atoms with Crippen LogP contribution in [0.1, 0.15) is 19.8 Å². The summed E-state index contributed by atoms with van der Waals surface area (Å²) in [6.07, 6.45) is 0.572. The van der Waals surface area contributed by atoms with E-state index in [2.05, 4.69) is 5.32 Å². The van der Waals surface area contributed by atoms with Crippen LogP contribution in [0.3, 0.4) is 0 Å². The SMILES string of the molecule is CCOc1ccccc1OCCCC(=O)OCC(=O)Nc1cccc(Cl)c1Cl. The molecule has 28 heavy (non-hydrogen) atoms. The maximum Gasteiger partial charge on any atom is 0.306 e. The maximum absolute atomic E-state index is 11.9. The van der Waals surface area contributed by atoms with Crippen LogP contribution in [0.5, 0.6) is 11.5 Å². The Morgan fingerprint density at radius 3 is 2.43 bits per heavy atom. The number of halogens is 2. The first-order chi connectivity index (χ1) is 13.5. The van der Waals surface area contributed by atoms with E-state index in [1.165, 1.54) is 0 Å². The summed E-state index contributed by atoms with van der Waals surface area (Å²) in [7, 11) is 0. The van der Waals surface area contributed by atoms with Gasteiger partial charge in [-0.3, -0.25) is 9.59 Å². The first kappa shape index (κ1) is 21.9. The summed E-state index contributed by atoms with van der Waals surface area (Å²) in [4.78, 5) is 23.6. The molecule has 150 valence electrons. The molecule has 0 atom stereocenters. The summed E-state index contributed by atoms with van der Waals surface area (Å²) in [5, 5.41) is 3.09. The first-order valence-electron chi connectivity index (χ1n) is 8.75. The molecule has 6 nitrogen and oxygen atoms in total. The number of esters is 1. The first-order valence-corrected chi connectivity index (χ1v) is 9.51. The van der Waals surface area contributed by atoms with Gasteiger partial charge in [0.1, 0.15) is 0 Å². The molecule has 0 radical (unpaired) electrons. The van der Waals surface area contributed by atoms with E-state index >= 15 is 0 Å². The van der Waals surface area contributed by atoms with E-state index < -0.39 is 18.5 Å². The van der Waals surface area contributed by atoms with Gasteiger partial charge in [-0.05, 0) is 37.6 Å². The lowest BCUT2D eigenvalue weighted by molar-refractivity contribution is -0.147. The number of nitrogens with one attached hydrogen (secondary N) is 1. The van der Waals surface area contributed by atoms with Crippen LogP contribution in [0.25, 0.3) is 0 Å². The highest BCUT2D eigenvalue weighted by Gasteiger charge is 2.11. The van der Waals surface area contributed by atoms with Crippen molar-refractivity contribution in [3.05, 3.63) is 52.5 Å². The Balaban J connectivity index is 1.67. The van der Waals surface area contributed by atoms with Gasteiger partial charge in [-0.15, -0.1) is 0 Å². The van der Waals surface area contributed by atoms with Gasteiger partial charge in [0.05, 0.1) is 28.9 Å². The number of amides is 1. The minimum atomic E-state index is -0.501. The summed E-state index contributed by atoms with van der Waals surface area (Å²) >= 11 is 11.9. The zero-order valence-corrected chi connectivity index (χ0v) is 16.9. The fourth-order valence-electron chi connectivity index (χ4n) is 2.25. The van der Waals surface area contributed by atoms with Gasteiger partial charge in [0, 0.05) is 6.42 Å². The quantitative estimate of drug-likeness (QED) is 0.439. The summed E-state index contributed by atoms with van der Waals surface area (Å²) < 4.78 is 16.0. The molecule has 1 amide bonds. The van der Waals surface area contributed by atoms with Crippen molar-refractivity contribution in [3.8, 4) is 11.5 Å². The predicted molar refractivity (Wildman–Crippen MR) is 108 cm³/mol. The fourth-order valence-corrected chi connectivity index (χ4v) is 2.60. The standard InChI is InChI=1S/C20H21Cl2NO5/c1-2-26-16-9-3-4-10-17(16)27-12-6-11-19(25)28-13-18(24)23-15-8-5-7-14(21)20(15)22/h3-5,7-10H,2,6,11-13H2,1H3,(H,23,24). The lowest BCUT2D eigenvalue weighted by Crippen LogP contribution is -2.21. The summed E-state index contributed by atoms with van der Waals surface area (Å²) in [5.41, 5.74) is 0.358. The third kappa shape index (κ3) is 6.94. The number of benzene rings is 2. The molecule has 0 saturated carbocycles. The molecule has 1 N–H and O–H groups in total.